The number of benzene rings is 2. The number of nitrogens with zero attached hydrogens (tertiary/aromatic N) is 2. The Hall–Kier alpha value is -3.07. The highest BCUT2D eigenvalue weighted by Gasteiger charge is 2.28. The Morgan fingerprint density at radius 3 is 2.32 bits per heavy atom. The predicted molar refractivity (Wildman–Crippen MR) is 133 cm³/mol. The highest BCUT2D eigenvalue weighted by Crippen LogP contribution is 2.21. The van der Waals surface area contributed by atoms with E-state index in [1.807, 2.05) is 24.3 Å². The fraction of sp³-hybridized carbons (Fsp3) is 0.440. The average molecular weight is 486 g/mol. The Balaban J connectivity index is 1.64. The number of nitro groups is 1. The van der Waals surface area contributed by atoms with Gasteiger partial charge in [-0.25, -0.2) is 0 Å². The molecule has 0 saturated heterocycles. The lowest BCUT2D eigenvalue weighted by atomic mass is 10.1. The molecule has 0 unspecified atom stereocenters. The summed E-state index contributed by atoms with van der Waals surface area (Å²) in [7, 11) is 1.60. The van der Waals surface area contributed by atoms with Gasteiger partial charge in [0.15, 0.2) is 0 Å². The summed E-state index contributed by atoms with van der Waals surface area (Å²) >= 11 is 1.42. The van der Waals surface area contributed by atoms with Crippen molar-refractivity contribution in [1.82, 2.24) is 10.2 Å². The van der Waals surface area contributed by atoms with Gasteiger partial charge in [0.1, 0.15) is 11.8 Å². The molecule has 3 rings (SSSR count). The van der Waals surface area contributed by atoms with Crippen LogP contribution in [0.2, 0.25) is 0 Å². The van der Waals surface area contributed by atoms with Crippen LogP contribution >= 0.6 is 11.8 Å². The van der Waals surface area contributed by atoms with E-state index in [0.29, 0.717) is 12.3 Å². The van der Waals surface area contributed by atoms with Crippen molar-refractivity contribution in [2.75, 3.05) is 12.9 Å². The zero-order chi connectivity index (χ0) is 24.5. The van der Waals surface area contributed by atoms with Crippen LogP contribution in [-0.2, 0) is 21.9 Å². The minimum Gasteiger partial charge on any atom is -0.497 e. The summed E-state index contributed by atoms with van der Waals surface area (Å²) in [5, 5.41) is 13.9. The third kappa shape index (κ3) is 7.21. The van der Waals surface area contributed by atoms with Crippen molar-refractivity contribution in [1.29, 1.82) is 0 Å². The zero-order valence-corrected chi connectivity index (χ0v) is 20.4. The Labute approximate surface area is 204 Å². The molecule has 1 aliphatic carbocycles. The predicted octanol–water partition coefficient (Wildman–Crippen LogP) is 4.31. The van der Waals surface area contributed by atoms with Crippen LogP contribution in [0.5, 0.6) is 5.75 Å². The molecule has 0 spiro atoms. The average Bonchev–Trinajstić information content (AvgIpc) is 3.35. The van der Waals surface area contributed by atoms with Crippen LogP contribution in [0.1, 0.15) is 43.7 Å². The van der Waals surface area contributed by atoms with Crippen molar-refractivity contribution in [3.8, 4) is 5.75 Å². The molecule has 8 nitrogen and oxygen atoms in total. The lowest BCUT2D eigenvalue weighted by molar-refractivity contribution is -0.384. The van der Waals surface area contributed by atoms with E-state index < -0.39 is 11.0 Å². The minimum atomic E-state index is -0.602. The molecular weight excluding hydrogens is 454 g/mol. The summed E-state index contributed by atoms with van der Waals surface area (Å²) in [6, 6.07) is 13.4. The first kappa shape index (κ1) is 25.6. The van der Waals surface area contributed by atoms with Gasteiger partial charge in [-0.2, -0.15) is 0 Å². The van der Waals surface area contributed by atoms with E-state index in [0.717, 1.165) is 42.6 Å². The smallest absolute Gasteiger partial charge is 0.269 e. The topological polar surface area (TPSA) is 102 Å². The fourth-order valence-corrected chi connectivity index (χ4v) is 4.83. The van der Waals surface area contributed by atoms with Gasteiger partial charge in [0.2, 0.25) is 11.8 Å². The molecule has 0 aliphatic heterocycles. The maximum absolute atomic E-state index is 13.2. The van der Waals surface area contributed by atoms with Crippen molar-refractivity contribution in [3.05, 3.63) is 69.8 Å². The summed E-state index contributed by atoms with van der Waals surface area (Å²) < 4.78 is 5.21. The summed E-state index contributed by atoms with van der Waals surface area (Å²) in [4.78, 5) is 38.1. The fourth-order valence-electron chi connectivity index (χ4n) is 3.96. The Morgan fingerprint density at radius 2 is 1.74 bits per heavy atom. The summed E-state index contributed by atoms with van der Waals surface area (Å²) in [5.74, 6) is 1.22. The number of thioether (sulfide) groups is 1. The number of ether oxygens (including phenoxy) is 1. The Bertz CT molecular complexity index is 975. The summed E-state index contributed by atoms with van der Waals surface area (Å²) in [6.45, 7) is 2.09. The SMILES string of the molecule is COc1ccc(CN(C(=O)CSCc2ccc([N+](=O)[O-])cc2)[C@@H](C)C(=O)NC2CCCC2)cc1. The lowest BCUT2D eigenvalue weighted by Gasteiger charge is -2.29. The molecular formula is C25H31N3O5S. The third-order valence-corrected chi connectivity index (χ3v) is 7.01. The Kier molecular flexibility index (Phi) is 9.33. The largest absolute Gasteiger partial charge is 0.497 e. The molecule has 0 aromatic heterocycles. The molecule has 0 radical (unpaired) electrons. The van der Waals surface area contributed by atoms with Gasteiger partial charge >= 0.3 is 0 Å². The van der Waals surface area contributed by atoms with Crippen LogP contribution in [0.25, 0.3) is 0 Å². The van der Waals surface area contributed by atoms with E-state index in [2.05, 4.69) is 5.32 Å². The van der Waals surface area contributed by atoms with Gasteiger partial charge in [0.05, 0.1) is 17.8 Å². The van der Waals surface area contributed by atoms with E-state index >= 15 is 0 Å². The molecule has 1 aliphatic rings. The number of carbonyl (C=O) groups excluding carboxylic acids is 2. The quantitative estimate of drug-likeness (QED) is 0.376. The van der Waals surface area contributed by atoms with Gasteiger partial charge < -0.3 is 15.0 Å². The van der Waals surface area contributed by atoms with Gasteiger partial charge in [-0.15, -0.1) is 11.8 Å². The third-order valence-electron chi connectivity index (χ3n) is 6.02. The molecule has 1 fully saturated rings. The normalized spacial score (nSPS) is 14.4. The first-order valence-corrected chi connectivity index (χ1v) is 12.6. The van der Waals surface area contributed by atoms with E-state index in [9.17, 15) is 19.7 Å². The highest BCUT2D eigenvalue weighted by molar-refractivity contribution is 7.99. The number of methoxy groups -OCH3 is 1. The van der Waals surface area contributed by atoms with Crippen LogP contribution in [0.4, 0.5) is 5.69 Å². The lowest BCUT2D eigenvalue weighted by Crippen LogP contribution is -2.50. The zero-order valence-electron chi connectivity index (χ0n) is 19.6. The molecule has 34 heavy (non-hydrogen) atoms. The van der Waals surface area contributed by atoms with Crippen molar-refractivity contribution in [3.63, 3.8) is 0 Å². The number of amides is 2. The molecule has 2 aromatic rings. The number of hydrogen-bond acceptors (Lipinski definition) is 6. The molecule has 2 amide bonds. The number of nitro benzene ring substituents is 1. The number of non-ortho nitro benzene ring substituents is 1. The van der Waals surface area contributed by atoms with Crippen LogP contribution in [0.3, 0.4) is 0 Å². The van der Waals surface area contributed by atoms with Crippen molar-refractivity contribution < 1.29 is 19.2 Å². The maximum atomic E-state index is 13.2. The molecule has 0 bridgehead atoms. The van der Waals surface area contributed by atoms with E-state index in [1.165, 1.54) is 23.9 Å². The first-order valence-electron chi connectivity index (χ1n) is 11.4. The van der Waals surface area contributed by atoms with Crippen molar-refractivity contribution in [2.45, 2.75) is 57.0 Å². The van der Waals surface area contributed by atoms with Gasteiger partial charge in [-0.1, -0.05) is 37.1 Å². The van der Waals surface area contributed by atoms with Crippen LogP contribution in [0.15, 0.2) is 48.5 Å². The van der Waals surface area contributed by atoms with Gasteiger partial charge in [-0.05, 0) is 43.0 Å². The molecule has 0 heterocycles. The second-order valence-electron chi connectivity index (χ2n) is 8.45. The second kappa shape index (κ2) is 12.4. The maximum Gasteiger partial charge on any atom is 0.269 e. The van der Waals surface area contributed by atoms with E-state index in [4.69, 9.17) is 4.74 Å². The number of rotatable bonds is 11. The van der Waals surface area contributed by atoms with E-state index in [-0.39, 0.29) is 29.3 Å². The van der Waals surface area contributed by atoms with Crippen molar-refractivity contribution >= 4 is 29.3 Å². The highest BCUT2D eigenvalue weighted by atomic mass is 32.2. The van der Waals surface area contributed by atoms with Crippen LogP contribution in [0, 0.1) is 10.1 Å². The van der Waals surface area contributed by atoms with Crippen molar-refractivity contribution in [2.24, 2.45) is 0 Å². The Morgan fingerprint density at radius 1 is 1.12 bits per heavy atom. The second-order valence-corrected chi connectivity index (χ2v) is 9.44. The standard InChI is InChI=1S/C25H31N3O5S/c1-18(25(30)26-21-5-3-4-6-21)27(15-19-9-13-23(33-2)14-10-19)24(29)17-34-16-20-7-11-22(12-8-20)28(31)32/h7-14,18,21H,3-6,15-17H2,1-2H3,(H,26,30)/t18-/m0/s1. The first-order chi connectivity index (χ1) is 16.4. The number of hydrogen-bond donors (Lipinski definition) is 1. The molecule has 182 valence electrons. The minimum absolute atomic E-state index is 0.0394. The van der Waals surface area contributed by atoms with E-state index in [1.54, 1.807) is 31.1 Å². The molecule has 2 aromatic carbocycles. The molecule has 1 atom stereocenters. The van der Waals surface area contributed by atoms with Crippen LogP contribution < -0.4 is 10.1 Å². The van der Waals surface area contributed by atoms with Gasteiger partial charge in [-0.3, -0.25) is 19.7 Å². The molecule has 1 saturated carbocycles. The number of nitrogens with one attached hydrogen (secondary N) is 1. The monoisotopic (exact) mass is 485 g/mol. The molecule has 9 heteroatoms. The summed E-state index contributed by atoms with van der Waals surface area (Å²) in [5.41, 5.74) is 1.85. The molecule has 1 N–H and O–H groups in total. The van der Waals surface area contributed by atoms with Gasteiger partial charge in [0, 0.05) is 30.5 Å². The van der Waals surface area contributed by atoms with Gasteiger partial charge in [0.25, 0.3) is 5.69 Å². The summed E-state index contributed by atoms with van der Waals surface area (Å²) in [6.07, 6.45) is 4.20. The van der Waals surface area contributed by atoms with Crippen LogP contribution in [-0.4, -0.2) is 46.6 Å². The number of carbonyl (C=O) groups is 2.